The van der Waals surface area contributed by atoms with Crippen LogP contribution in [0.3, 0.4) is 0 Å². The second-order valence-corrected chi connectivity index (χ2v) is 8.56. The van der Waals surface area contributed by atoms with Crippen molar-refractivity contribution in [2.24, 2.45) is 0 Å². The van der Waals surface area contributed by atoms with Gasteiger partial charge in [0.25, 0.3) is 5.91 Å². The topological polar surface area (TPSA) is 71.3 Å². The average molecular weight is 579 g/mol. The summed E-state index contributed by atoms with van der Waals surface area (Å²) in [4.78, 5) is 12.6. The van der Waals surface area contributed by atoms with Gasteiger partial charge in [0.15, 0.2) is 11.5 Å². The van der Waals surface area contributed by atoms with Crippen LogP contribution in [-0.2, 0) is 11.4 Å². The van der Waals surface area contributed by atoms with E-state index in [0.29, 0.717) is 39.4 Å². The van der Waals surface area contributed by atoms with Gasteiger partial charge in [-0.15, -0.1) is 0 Å². The van der Waals surface area contributed by atoms with Crippen molar-refractivity contribution in [3.8, 4) is 17.6 Å². The summed E-state index contributed by atoms with van der Waals surface area (Å²) < 4.78 is 12.2. The van der Waals surface area contributed by atoms with E-state index in [4.69, 9.17) is 32.7 Å². The first kappa shape index (κ1) is 23.9. The molecule has 5 nitrogen and oxygen atoms in total. The summed E-state index contributed by atoms with van der Waals surface area (Å²) in [6.45, 7) is 0.336. The summed E-state index contributed by atoms with van der Waals surface area (Å²) >= 11 is 14.1. The Bertz CT molecular complexity index is 1200. The maximum absolute atomic E-state index is 12.6. The molecule has 0 saturated carbocycles. The van der Waals surface area contributed by atoms with Gasteiger partial charge in [-0.1, -0.05) is 47.5 Å². The minimum atomic E-state index is -0.558. The molecule has 3 rings (SSSR count). The van der Waals surface area contributed by atoms with E-state index in [1.54, 1.807) is 48.5 Å². The third kappa shape index (κ3) is 6.16. The zero-order chi connectivity index (χ0) is 23.1. The van der Waals surface area contributed by atoms with Gasteiger partial charge in [0, 0.05) is 5.02 Å². The van der Waals surface area contributed by atoms with Crippen LogP contribution in [0.2, 0.25) is 10.0 Å². The summed E-state index contributed by atoms with van der Waals surface area (Å²) in [7, 11) is 1.53. The molecule has 0 aliphatic carbocycles. The second kappa shape index (κ2) is 11.2. The Morgan fingerprint density at radius 2 is 1.88 bits per heavy atom. The number of hydrogen-bond acceptors (Lipinski definition) is 4. The number of amides is 1. The number of benzene rings is 3. The number of carbonyl (C=O) groups excluding carboxylic acids is 1. The number of halogens is 3. The minimum Gasteiger partial charge on any atom is -0.493 e. The molecule has 0 spiro atoms. The molecule has 0 aliphatic rings. The van der Waals surface area contributed by atoms with Crippen LogP contribution in [0.4, 0.5) is 5.69 Å². The minimum absolute atomic E-state index is 0.0717. The molecule has 32 heavy (non-hydrogen) atoms. The Morgan fingerprint density at radius 3 is 2.53 bits per heavy atom. The van der Waals surface area contributed by atoms with Crippen molar-refractivity contribution in [2.75, 3.05) is 12.4 Å². The van der Waals surface area contributed by atoms with Crippen LogP contribution in [-0.4, -0.2) is 13.0 Å². The van der Waals surface area contributed by atoms with E-state index in [-0.39, 0.29) is 5.57 Å². The van der Waals surface area contributed by atoms with Gasteiger partial charge >= 0.3 is 0 Å². The number of anilines is 1. The predicted octanol–water partition coefficient (Wildman–Crippen LogP) is 6.73. The summed E-state index contributed by atoms with van der Waals surface area (Å²) in [6, 6.07) is 19.6. The highest BCUT2D eigenvalue weighted by Gasteiger charge is 2.15. The van der Waals surface area contributed by atoms with Crippen molar-refractivity contribution < 1.29 is 14.3 Å². The Kier molecular flexibility index (Phi) is 8.39. The van der Waals surface area contributed by atoms with Crippen molar-refractivity contribution in [3.05, 3.63) is 91.0 Å². The van der Waals surface area contributed by atoms with Crippen LogP contribution >= 0.6 is 45.8 Å². The van der Waals surface area contributed by atoms with Crippen LogP contribution in [0.15, 0.2) is 66.2 Å². The molecule has 0 bridgehead atoms. The highest BCUT2D eigenvalue weighted by molar-refractivity contribution is 14.1. The number of nitrogens with one attached hydrogen (secondary N) is 1. The SMILES string of the molecule is COc1cc(/C=C(/C#N)C(=O)Nc2ccccc2Cl)cc(I)c1OCc1ccc(Cl)cc1. The van der Waals surface area contributed by atoms with Crippen molar-refractivity contribution in [3.63, 3.8) is 0 Å². The average Bonchev–Trinajstić information content (AvgIpc) is 2.79. The zero-order valence-electron chi connectivity index (χ0n) is 16.9. The third-order valence-electron chi connectivity index (χ3n) is 4.35. The Hall–Kier alpha value is -2.73. The largest absolute Gasteiger partial charge is 0.493 e. The lowest BCUT2D eigenvalue weighted by Crippen LogP contribution is -2.13. The van der Waals surface area contributed by atoms with Gasteiger partial charge < -0.3 is 14.8 Å². The van der Waals surface area contributed by atoms with E-state index in [9.17, 15) is 10.1 Å². The highest BCUT2D eigenvalue weighted by Crippen LogP contribution is 2.35. The maximum Gasteiger partial charge on any atom is 0.266 e. The van der Waals surface area contributed by atoms with Gasteiger partial charge in [0.2, 0.25) is 0 Å². The first-order chi connectivity index (χ1) is 15.4. The van der Waals surface area contributed by atoms with E-state index in [2.05, 4.69) is 27.9 Å². The van der Waals surface area contributed by atoms with Crippen LogP contribution in [0, 0.1) is 14.9 Å². The fourth-order valence-electron chi connectivity index (χ4n) is 2.77. The first-order valence-electron chi connectivity index (χ1n) is 9.33. The lowest BCUT2D eigenvalue weighted by molar-refractivity contribution is -0.112. The molecule has 3 aromatic rings. The van der Waals surface area contributed by atoms with Gasteiger partial charge in [-0.05, 0) is 76.2 Å². The van der Waals surface area contributed by atoms with E-state index < -0.39 is 5.91 Å². The fourth-order valence-corrected chi connectivity index (χ4v) is 3.86. The molecule has 8 heteroatoms. The van der Waals surface area contributed by atoms with Gasteiger partial charge in [-0.25, -0.2) is 0 Å². The molecule has 1 N–H and O–H groups in total. The number of nitrogens with zero attached hydrogens (tertiary/aromatic N) is 1. The molecular weight excluding hydrogens is 562 g/mol. The Morgan fingerprint density at radius 1 is 1.16 bits per heavy atom. The zero-order valence-corrected chi connectivity index (χ0v) is 20.5. The molecule has 0 heterocycles. The van der Waals surface area contributed by atoms with Gasteiger partial charge in [-0.2, -0.15) is 5.26 Å². The summed E-state index contributed by atoms with van der Waals surface area (Å²) in [5.74, 6) is 0.498. The summed E-state index contributed by atoms with van der Waals surface area (Å²) in [5, 5.41) is 13.2. The van der Waals surface area contributed by atoms with Crippen LogP contribution in [0.25, 0.3) is 6.08 Å². The number of nitriles is 1. The highest BCUT2D eigenvalue weighted by atomic mass is 127. The lowest BCUT2D eigenvalue weighted by Gasteiger charge is -2.14. The number of hydrogen-bond donors (Lipinski definition) is 1. The van der Waals surface area contributed by atoms with E-state index in [0.717, 1.165) is 9.13 Å². The van der Waals surface area contributed by atoms with Gasteiger partial charge in [-0.3, -0.25) is 4.79 Å². The van der Waals surface area contributed by atoms with E-state index in [1.807, 2.05) is 18.2 Å². The van der Waals surface area contributed by atoms with Crippen LogP contribution in [0.5, 0.6) is 11.5 Å². The van der Waals surface area contributed by atoms with Gasteiger partial charge in [0.1, 0.15) is 18.2 Å². The van der Waals surface area contributed by atoms with Crippen LogP contribution in [0.1, 0.15) is 11.1 Å². The van der Waals surface area contributed by atoms with Crippen molar-refractivity contribution in [2.45, 2.75) is 6.61 Å². The number of ether oxygens (including phenoxy) is 2. The van der Waals surface area contributed by atoms with E-state index >= 15 is 0 Å². The summed E-state index contributed by atoms with van der Waals surface area (Å²) in [6.07, 6.45) is 1.49. The number of methoxy groups -OCH3 is 1. The Balaban J connectivity index is 1.82. The number of rotatable bonds is 7. The van der Waals surface area contributed by atoms with Crippen molar-refractivity contribution in [1.82, 2.24) is 0 Å². The smallest absolute Gasteiger partial charge is 0.266 e. The lowest BCUT2D eigenvalue weighted by atomic mass is 10.1. The predicted molar refractivity (Wildman–Crippen MR) is 135 cm³/mol. The van der Waals surface area contributed by atoms with Crippen molar-refractivity contribution in [1.29, 1.82) is 5.26 Å². The molecule has 1 amide bonds. The van der Waals surface area contributed by atoms with E-state index in [1.165, 1.54) is 13.2 Å². The number of carbonyl (C=O) groups is 1. The van der Waals surface area contributed by atoms with Crippen molar-refractivity contribution >= 4 is 63.5 Å². The molecule has 3 aromatic carbocycles. The van der Waals surface area contributed by atoms with Crippen LogP contribution < -0.4 is 14.8 Å². The standard InChI is InChI=1S/C24H17Cl2IN2O3/c1-31-22-12-16(10-17(13-28)24(30)29-21-5-3-2-4-19(21)26)11-20(27)23(22)32-14-15-6-8-18(25)9-7-15/h2-12H,14H2,1H3,(H,29,30)/b17-10-. The molecule has 0 atom stereocenters. The summed E-state index contributed by atoms with van der Waals surface area (Å²) in [5.41, 5.74) is 1.94. The molecule has 0 aliphatic heterocycles. The fraction of sp³-hybridized carbons (Fsp3) is 0.0833. The van der Waals surface area contributed by atoms with Gasteiger partial charge in [0.05, 0.1) is 21.4 Å². The first-order valence-corrected chi connectivity index (χ1v) is 11.2. The maximum atomic E-state index is 12.6. The molecule has 0 saturated heterocycles. The molecule has 162 valence electrons. The monoisotopic (exact) mass is 578 g/mol. The molecule has 0 aromatic heterocycles. The Labute approximate surface area is 209 Å². The molecular formula is C24H17Cl2IN2O3. The molecule has 0 fully saturated rings. The second-order valence-electron chi connectivity index (χ2n) is 6.55. The normalized spacial score (nSPS) is 10.9. The molecule has 0 radical (unpaired) electrons. The molecule has 0 unspecified atom stereocenters. The number of para-hydroxylation sites is 1. The quantitative estimate of drug-likeness (QED) is 0.192. The third-order valence-corrected chi connectivity index (χ3v) is 5.73.